The molecule has 43 heavy (non-hydrogen) atoms. The van der Waals surface area contributed by atoms with Gasteiger partial charge in [-0.3, -0.25) is 9.59 Å². The highest BCUT2D eigenvalue weighted by atomic mass is 35.5. The number of nitrogens with one attached hydrogen (secondary N) is 1. The van der Waals surface area contributed by atoms with E-state index in [1.807, 2.05) is 41.3 Å². The maximum atomic E-state index is 13.1. The second-order valence-electron chi connectivity index (χ2n) is 11.4. The normalized spacial score (nSPS) is 19.9. The largest absolute Gasteiger partial charge is 0.497 e. The number of anilines is 1. The predicted molar refractivity (Wildman–Crippen MR) is 165 cm³/mol. The van der Waals surface area contributed by atoms with Crippen LogP contribution in [0.2, 0.25) is 10.0 Å². The average molecular weight is 628 g/mol. The first kappa shape index (κ1) is 29.8. The van der Waals surface area contributed by atoms with Crippen LogP contribution in [0.25, 0.3) is 0 Å². The maximum absolute atomic E-state index is 13.1. The van der Waals surface area contributed by atoms with E-state index in [4.69, 9.17) is 37.1 Å². The zero-order chi connectivity index (χ0) is 30.0. The Bertz CT molecular complexity index is 1450. The number of rotatable bonds is 8. The third kappa shape index (κ3) is 5.83. The molecule has 6 rings (SSSR count). The van der Waals surface area contributed by atoms with Gasteiger partial charge in [-0.2, -0.15) is 0 Å². The number of nitrogens with zero attached hydrogens (tertiary/aromatic N) is 3. The molecule has 0 radical (unpaired) electrons. The first-order chi connectivity index (χ1) is 20.8. The lowest BCUT2D eigenvalue weighted by molar-refractivity contribution is -0.125. The molecule has 3 saturated heterocycles. The van der Waals surface area contributed by atoms with E-state index in [1.165, 1.54) is 6.26 Å². The summed E-state index contributed by atoms with van der Waals surface area (Å²) in [7, 11) is 1.65. The number of amides is 2. The molecule has 0 atom stereocenters. The highest BCUT2D eigenvalue weighted by molar-refractivity contribution is 6.42. The van der Waals surface area contributed by atoms with Crippen LogP contribution < -0.4 is 15.0 Å². The van der Waals surface area contributed by atoms with E-state index in [0.29, 0.717) is 55.0 Å². The summed E-state index contributed by atoms with van der Waals surface area (Å²) in [5.74, 6) is 1.08. The summed E-state index contributed by atoms with van der Waals surface area (Å²) in [6.07, 6.45) is 4.19. The van der Waals surface area contributed by atoms with Crippen molar-refractivity contribution in [3.05, 3.63) is 82.2 Å². The van der Waals surface area contributed by atoms with Crippen LogP contribution in [-0.4, -0.2) is 80.3 Å². The van der Waals surface area contributed by atoms with Crippen LogP contribution in [-0.2, 0) is 15.1 Å². The van der Waals surface area contributed by atoms with Crippen molar-refractivity contribution in [3.63, 3.8) is 0 Å². The fourth-order valence-electron chi connectivity index (χ4n) is 6.64. The molecule has 2 amide bonds. The quantitative estimate of drug-likeness (QED) is 0.369. The van der Waals surface area contributed by atoms with Gasteiger partial charge in [0.25, 0.3) is 5.91 Å². The first-order valence-electron chi connectivity index (χ1n) is 14.7. The van der Waals surface area contributed by atoms with E-state index in [-0.39, 0.29) is 11.8 Å². The van der Waals surface area contributed by atoms with Crippen molar-refractivity contribution in [2.75, 3.05) is 58.0 Å². The van der Waals surface area contributed by atoms with Crippen LogP contribution in [0.5, 0.6) is 5.75 Å². The van der Waals surface area contributed by atoms with Crippen molar-refractivity contribution in [1.82, 2.24) is 15.1 Å². The number of carbonyl (C=O) groups is 2. The zero-order valence-corrected chi connectivity index (χ0v) is 25.7. The van der Waals surface area contributed by atoms with Crippen molar-refractivity contribution in [1.29, 1.82) is 0 Å². The van der Waals surface area contributed by atoms with Gasteiger partial charge in [0.2, 0.25) is 5.91 Å². The summed E-state index contributed by atoms with van der Waals surface area (Å²) in [5, 5.41) is 4.04. The number of hydrogen-bond donors (Lipinski definition) is 1. The van der Waals surface area contributed by atoms with Crippen LogP contribution in [0, 0.1) is 0 Å². The molecule has 9 nitrogen and oxygen atoms in total. The monoisotopic (exact) mass is 626 g/mol. The Morgan fingerprint density at radius 1 is 0.977 bits per heavy atom. The second kappa shape index (κ2) is 12.4. The van der Waals surface area contributed by atoms with E-state index < -0.39 is 11.1 Å². The number of furan rings is 1. The van der Waals surface area contributed by atoms with Crippen molar-refractivity contribution in [2.45, 2.75) is 36.8 Å². The molecular formula is C32H36Cl2N4O5. The molecule has 1 spiro atoms. The SMILES string of the molecule is COc1cccc(N2CNC(=O)C23CCN(CCOC2(c4ccc(Cl)c(Cl)c4)CCN(C(=O)c4ccco4)CC2)CC3)c1. The van der Waals surface area contributed by atoms with Gasteiger partial charge in [-0.25, -0.2) is 0 Å². The van der Waals surface area contributed by atoms with Crippen LogP contribution >= 0.6 is 23.2 Å². The van der Waals surface area contributed by atoms with Gasteiger partial charge in [0, 0.05) is 44.5 Å². The molecule has 3 aliphatic rings. The number of benzene rings is 2. The van der Waals surface area contributed by atoms with Crippen LogP contribution in [0.1, 0.15) is 41.8 Å². The van der Waals surface area contributed by atoms with Crippen LogP contribution in [0.15, 0.2) is 65.3 Å². The van der Waals surface area contributed by atoms with Crippen LogP contribution in [0.3, 0.4) is 0 Å². The molecule has 0 unspecified atom stereocenters. The molecule has 0 aliphatic carbocycles. The molecule has 228 valence electrons. The molecule has 2 aromatic carbocycles. The lowest BCUT2D eigenvalue weighted by atomic mass is 9.84. The summed E-state index contributed by atoms with van der Waals surface area (Å²) in [4.78, 5) is 32.4. The van der Waals surface area contributed by atoms with Gasteiger partial charge in [-0.05, 0) is 67.6 Å². The number of likely N-dealkylation sites (tertiary alicyclic amines) is 2. The van der Waals surface area contributed by atoms with Crippen molar-refractivity contribution >= 4 is 40.7 Å². The molecule has 3 aromatic rings. The Hall–Kier alpha value is -3.24. The second-order valence-corrected chi connectivity index (χ2v) is 12.2. The highest BCUT2D eigenvalue weighted by Gasteiger charge is 2.50. The van der Waals surface area contributed by atoms with E-state index in [2.05, 4.69) is 15.1 Å². The molecule has 3 fully saturated rings. The molecule has 0 bridgehead atoms. The maximum Gasteiger partial charge on any atom is 0.289 e. The first-order valence-corrected chi connectivity index (χ1v) is 15.4. The Balaban J connectivity index is 1.10. The Labute approximate surface area is 261 Å². The number of piperidine rings is 2. The van der Waals surface area contributed by atoms with E-state index in [9.17, 15) is 9.59 Å². The molecule has 3 aliphatic heterocycles. The van der Waals surface area contributed by atoms with Gasteiger partial charge in [0.1, 0.15) is 11.3 Å². The van der Waals surface area contributed by atoms with Crippen LogP contribution in [0.4, 0.5) is 5.69 Å². The molecule has 4 heterocycles. The van der Waals surface area contributed by atoms with Gasteiger partial charge in [0.15, 0.2) is 5.76 Å². The van der Waals surface area contributed by atoms with Gasteiger partial charge in [-0.15, -0.1) is 0 Å². The van der Waals surface area contributed by atoms with Gasteiger partial charge in [-0.1, -0.05) is 35.3 Å². The van der Waals surface area contributed by atoms with Crippen molar-refractivity contribution < 1.29 is 23.5 Å². The predicted octanol–water partition coefficient (Wildman–Crippen LogP) is 5.17. The average Bonchev–Trinajstić information content (AvgIpc) is 3.68. The summed E-state index contributed by atoms with van der Waals surface area (Å²) < 4.78 is 17.5. The smallest absolute Gasteiger partial charge is 0.289 e. The summed E-state index contributed by atoms with van der Waals surface area (Å²) in [5.41, 5.74) is 0.772. The van der Waals surface area contributed by atoms with E-state index in [0.717, 1.165) is 49.5 Å². The summed E-state index contributed by atoms with van der Waals surface area (Å²) >= 11 is 12.7. The van der Waals surface area contributed by atoms with Gasteiger partial charge < -0.3 is 33.9 Å². The van der Waals surface area contributed by atoms with Gasteiger partial charge in [0.05, 0.1) is 42.3 Å². The zero-order valence-electron chi connectivity index (χ0n) is 24.2. The number of methoxy groups -OCH3 is 1. The minimum Gasteiger partial charge on any atom is -0.497 e. The van der Waals surface area contributed by atoms with E-state index >= 15 is 0 Å². The summed E-state index contributed by atoms with van der Waals surface area (Å²) in [6, 6.07) is 16.9. The minimum atomic E-state index is -0.598. The third-order valence-corrected chi connectivity index (χ3v) is 9.95. The van der Waals surface area contributed by atoms with Crippen molar-refractivity contribution in [2.24, 2.45) is 0 Å². The number of carbonyl (C=O) groups excluding carboxylic acids is 2. The molecule has 11 heteroatoms. The Morgan fingerprint density at radius 3 is 2.47 bits per heavy atom. The fourth-order valence-corrected chi connectivity index (χ4v) is 6.94. The summed E-state index contributed by atoms with van der Waals surface area (Å²) in [6.45, 7) is 4.34. The number of hydrogen-bond acceptors (Lipinski definition) is 7. The molecular weight excluding hydrogens is 591 g/mol. The number of halogens is 2. The minimum absolute atomic E-state index is 0.0839. The lowest BCUT2D eigenvalue weighted by Gasteiger charge is -2.44. The Morgan fingerprint density at radius 2 is 1.77 bits per heavy atom. The third-order valence-electron chi connectivity index (χ3n) is 9.21. The molecule has 1 aromatic heterocycles. The topological polar surface area (TPSA) is 87.5 Å². The Kier molecular flexibility index (Phi) is 8.60. The molecule has 1 N–H and O–H groups in total. The van der Waals surface area contributed by atoms with Gasteiger partial charge >= 0.3 is 0 Å². The fraction of sp³-hybridized carbons (Fsp3) is 0.438. The van der Waals surface area contributed by atoms with E-state index in [1.54, 1.807) is 25.3 Å². The highest BCUT2D eigenvalue weighted by Crippen LogP contribution is 2.40. The van der Waals surface area contributed by atoms with Crippen molar-refractivity contribution in [3.8, 4) is 5.75 Å². The molecule has 0 saturated carbocycles. The number of ether oxygens (including phenoxy) is 2. The lowest BCUT2D eigenvalue weighted by Crippen LogP contribution is -2.56. The standard InChI is InChI=1S/C32H36Cl2N4O5/c1-41-25-5-2-4-24(21-25)38-22-35-30(40)31(38)9-13-36(14-10-31)17-19-43-32(23-7-8-26(33)27(34)20-23)11-15-37(16-12-32)29(39)28-6-3-18-42-28/h2-8,18,20-21H,9-17,19,22H2,1H3,(H,35,40).